The highest BCUT2D eigenvalue weighted by atomic mass is 35.5. The summed E-state index contributed by atoms with van der Waals surface area (Å²) < 4.78 is 41.3. The zero-order chi connectivity index (χ0) is 14.9. The number of alkyl halides is 4. The molecule has 8 heteroatoms. The van der Waals surface area contributed by atoms with Gasteiger partial charge in [-0.25, -0.2) is 4.79 Å². The van der Waals surface area contributed by atoms with E-state index in [4.69, 9.17) is 16.0 Å². The lowest BCUT2D eigenvalue weighted by atomic mass is 10.1. The second-order valence-electron chi connectivity index (χ2n) is 3.89. The molecule has 0 saturated carbocycles. The van der Waals surface area contributed by atoms with E-state index >= 15 is 0 Å². The molecule has 0 unspecified atom stereocenters. The molecule has 0 radical (unpaired) electrons. The fraction of sp³-hybridized carbons (Fsp3) is 0.167. The first-order chi connectivity index (χ1) is 9.31. The van der Waals surface area contributed by atoms with Crippen molar-refractivity contribution in [2.24, 2.45) is 0 Å². The van der Waals surface area contributed by atoms with Crippen LogP contribution >= 0.6 is 11.6 Å². The molecule has 0 fully saturated rings. The van der Waals surface area contributed by atoms with Crippen LogP contribution in [0.1, 0.15) is 5.56 Å². The lowest BCUT2D eigenvalue weighted by Crippen LogP contribution is -2.29. The predicted molar refractivity (Wildman–Crippen MR) is 66.7 cm³/mol. The Balaban J connectivity index is 2.44. The molecule has 0 aliphatic carbocycles. The summed E-state index contributed by atoms with van der Waals surface area (Å²) in [6, 6.07) is 5.02. The van der Waals surface area contributed by atoms with E-state index in [2.05, 4.69) is 0 Å². The van der Waals surface area contributed by atoms with Crippen LogP contribution in [-0.4, -0.2) is 12.1 Å². The second-order valence-corrected chi connectivity index (χ2v) is 4.15. The molecule has 0 atom stereocenters. The zero-order valence-corrected chi connectivity index (χ0v) is 10.5. The molecule has 2 aromatic rings. The molecule has 106 valence electrons. The molecule has 1 amide bonds. The third-order valence-corrected chi connectivity index (χ3v) is 2.78. The van der Waals surface area contributed by atoms with E-state index in [-0.39, 0.29) is 17.2 Å². The van der Waals surface area contributed by atoms with Crippen LogP contribution in [0.15, 0.2) is 33.5 Å². The van der Waals surface area contributed by atoms with Crippen molar-refractivity contribution < 1.29 is 22.4 Å². The van der Waals surface area contributed by atoms with Gasteiger partial charge in [-0.15, -0.1) is 11.6 Å². The van der Waals surface area contributed by atoms with Gasteiger partial charge in [-0.1, -0.05) is 0 Å². The van der Waals surface area contributed by atoms with E-state index in [1.54, 1.807) is 5.32 Å². The summed E-state index contributed by atoms with van der Waals surface area (Å²) in [6.45, 7) is 0. The fourth-order valence-corrected chi connectivity index (χ4v) is 1.84. The topological polar surface area (TPSA) is 59.3 Å². The number of fused-ring (bicyclic) bond motifs is 1. The Morgan fingerprint density at radius 1 is 1.30 bits per heavy atom. The van der Waals surface area contributed by atoms with Crippen LogP contribution in [-0.2, 0) is 10.7 Å². The Kier molecular flexibility index (Phi) is 3.71. The molecule has 0 aliphatic rings. The first kappa shape index (κ1) is 14.4. The van der Waals surface area contributed by atoms with Crippen LogP contribution < -0.4 is 10.9 Å². The molecule has 1 aromatic heterocycles. The largest absolute Gasteiger partial charge is 0.471 e. The van der Waals surface area contributed by atoms with Crippen LogP contribution in [0.3, 0.4) is 0 Å². The quantitative estimate of drug-likeness (QED) is 0.685. The number of hydrogen-bond donors (Lipinski definition) is 1. The highest BCUT2D eigenvalue weighted by molar-refractivity contribution is 6.18. The maximum Gasteiger partial charge on any atom is 0.471 e. The predicted octanol–water partition coefficient (Wildman–Crippen LogP) is 3.03. The van der Waals surface area contributed by atoms with Crippen LogP contribution in [0, 0.1) is 0 Å². The van der Waals surface area contributed by atoms with E-state index in [0.29, 0.717) is 10.9 Å². The van der Waals surface area contributed by atoms with Gasteiger partial charge in [0, 0.05) is 29.1 Å². The minimum Gasteiger partial charge on any atom is -0.423 e. The molecule has 1 aromatic carbocycles. The minimum atomic E-state index is -4.99. The highest BCUT2D eigenvalue weighted by Gasteiger charge is 2.38. The third-order valence-electron chi connectivity index (χ3n) is 2.49. The van der Waals surface area contributed by atoms with Gasteiger partial charge in [0.1, 0.15) is 5.58 Å². The van der Waals surface area contributed by atoms with Gasteiger partial charge < -0.3 is 9.73 Å². The third kappa shape index (κ3) is 2.93. The molecule has 0 spiro atoms. The molecule has 0 saturated heterocycles. The van der Waals surface area contributed by atoms with Gasteiger partial charge in [-0.3, -0.25) is 4.79 Å². The van der Waals surface area contributed by atoms with Crippen molar-refractivity contribution in [3.05, 3.63) is 40.2 Å². The number of carbonyl (C=O) groups is 1. The van der Waals surface area contributed by atoms with Crippen molar-refractivity contribution in [2.75, 3.05) is 5.32 Å². The van der Waals surface area contributed by atoms with Crippen LogP contribution in [0.4, 0.5) is 18.9 Å². The summed E-state index contributed by atoms with van der Waals surface area (Å²) in [7, 11) is 0. The summed E-state index contributed by atoms with van der Waals surface area (Å²) in [4.78, 5) is 22.1. The number of amides is 1. The Hall–Kier alpha value is -2.02. The SMILES string of the molecule is O=C(Nc1ccc2c(CCl)cc(=O)oc2c1)C(F)(F)F. The van der Waals surface area contributed by atoms with Crippen molar-refractivity contribution in [3.63, 3.8) is 0 Å². The van der Waals surface area contributed by atoms with Gasteiger partial charge >= 0.3 is 17.7 Å². The number of anilines is 1. The number of halogens is 4. The number of benzene rings is 1. The molecular weight excluding hydrogens is 299 g/mol. The Labute approximate surface area is 115 Å². The Bertz CT molecular complexity index is 724. The molecule has 1 heterocycles. The van der Waals surface area contributed by atoms with Crippen molar-refractivity contribution >= 4 is 34.2 Å². The van der Waals surface area contributed by atoms with Gasteiger partial charge in [0.25, 0.3) is 0 Å². The molecule has 4 nitrogen and oxygen atoms in total. The van der Waals surface area contributed by atoms with Crippen LogP contribution in [0.5, 0.6) is 0 Å². The fourth-order valence-electron chi connectivity index (χ4n) is 1.62. The maximum absolute atomic E-state index is 12.1. The summed E-state index contributed by atoms with van der Waals surface area (Å²) in [6.07, 6.45) is -4.99. The summed E-state index contributed by atoms with van der Waals surface area (Å²) in [5.74, 6) is -2.05. The van der Waals surface area contributed by atoms with Crippen LogP contribution in [0.25, 0.3) is 11.0 Å². The highest BCUT2D eigenvalue weighted by Crippen LogP contribution is 2.24. The van der Waals surface area contributed by atoms with Crippen molar-refractivity contribution in [2.45, 2.75) is 12.1 Å². The summed E-state index contributed by atoms with van der Waals surface area (Å²) >= 11 is 5.66. The van der Waals surface area contributed by atoms with Crippen molar-refractivity contribution in [3.8, 4) is 0 Å². The molecule has 1 N–H and O–H groups in total. The first-order valence-electron chi connectivity index (χ1n) is 5.32. The van der Waals surface area contributed by atoms with E-state index in [1.165, 1.54) is 18.2 Å². The molecule has 20 heavy (non-hydrogen) atoms. The smallest absolute Gasteiger partial charge is 0.423 e. The Morgan fingerprint density at radius 2 is 2.00 bits per heavy atom. The van der Waals surface area contributed by atoms with Crippen LogP contribution in [0.2, 0.25) is 0 Å². The lowest BCUT2D eigenvalue weighted by Gasteiger charge is -2.09. The summed E-state index contributed by atoms with van der Waals surface area (Å²) in [5, 5.41) is 2.16. The number of hydrogen-bond acceptors (Lipinski definition) is 3. The normalized spacial score (nSPS) is 11.6. The Morgan fingerprint density at radius 3 is 2.60 bits per heavy atom. The standard InChI is InChI=1S/C12H7ClF3NO3/c13-5-6-3-10(18)20-9-4-7(1-2-8(6)9)17-11(19)12(14,15)16/h1-4H,5H2,(H,17,19). The lowest BCUT2D eigenvalue weighted by molar-refractivity contribution is -0.167. The maximum atomic E-state index is 12.1. The number of rotatable bonds is 2. The van der Waals surface area contributed by atoms with E-state index in [9.17, 15) is 22.8 Å². The average Bonchev–Trinajstić information content (AvgIpc) is 2.36. The molecule has 0 aliphatic heterocycles. The monoisotopic (exact) mass is 305 g/mol. The molecular formula is C12H7ClF3NO3. The first-order valence-corrected chi connectivity index (χ1v) is 5.85. The van der Waals surface area contributed by atoms with Crippen molar-refractivity contribution in [1.29, 1.82) is 0 Å². The summed E-state index contributed by atoms with van der Waals surface area (Å²) in [5.41, 5.74) is -0.262. The zero-order valence-electron chi connectivity index (χ0n) is 9.75. The van der Waals surface area contributed by atoms with Crippen molar-refractivity contribution in [1.82, 2.24) is 0 Å². The van der Waals surface area contributed by atoms with Gasteiger partial charge in [-0.05, 0) is 17.7 Å². The molecule has 2 rings (SSSR count). The van der Waals surface area contributed by atoms with Gasteiger partial charge in [0.15, 0.2) is 0 Å². The van der Waals surface area contributed by atoms with Gasteiger partial charge in [-0.2, -0.15) is 13.2 Å². The average molecular weight is 306 g/mol. The van der Waals surface area contributed by atoms with E-state index in [1.807, 2.05) is 0 Å². The van der Waals surface area contributed by atoms with Gasteiger partial charge in [0.2, 0.25) is 0 Å². The van der Waals surface area contributed by atoms with E-state index in [0.717, 1.165) is 6.07 Å². The molecule has 0 bridgehead atoms. The number of nitrogens with one attached hydrogen (secondary N) is 1. The minimum absolute atomic E-state index is 0.0492. The second kappa shape index (κ2) is 5.16. The number of carbonyl (C=O) groups excluding carboxylic acids is 1. The van der Waals surface area contributed by atoms with Gasteiger partial charge in [0.05, 0.1) is 0 Å². The van der Waals surface area contributed by atoms with E-state index < -0.39 is 17.7 Å².